The molecule has 0 unspecified atom stereocenters. The molecular formula is C27H24N6O3. The lowest BCUT2D eigenvalue weighted by molar-refractivity contribution is 0.0998. The van der Waals surface area contributed by atoms with Gasteiger partial charge in [-0.2, -0.15) is 0 Å². The Hall–Kier alpha value is -4.92. The summed E-state index contributed by atoms with van der Waals surface area (Å²) in [6, 6.07) is 10.6. The lowest BCUT2D eigenvalue weighted by atomic mass is 9.79. The van der Waals surface area contributed by atoms with E-state index in [1.807, 2.05) is 0 Å². The van der Waals surface area contributed by atoms with Crippen LogP contribution >= 0.6 is 0 Å². The van der Waals surface area contributed by atoms with Crippen molar-refractivity contribution in [1.29, 1.82) is 0 Å². The van der Waals surface area contributed by atoms with Crippen LogP contribution in [0.25, 0.3) is 0 Å². The minimum absolute atomic E-state index is 0.0599. The first kappa shape index (κ1) is 24.2. The number of pyridine rings is 3. The number of nitrogens with two attached hydrogens (primary N) is 3. The van der Waals surface area contributed by atoms with Gasteiger partial charge in [0.2, 0.25) is 17.7 Å². The number of amides is 3. The number of nitrogens with zero attached hydrogens (tertiary/aromatic N) is 3. The van der Waals surface area contributed by atoms with Gasteiger partial charge >= 0.3 is 0 Å². The largest absolute Gasteiger partial charge is 0.366 e. The maximum absolute atomic E-state index is 12.9. The number of hydrogen-bond donors (Lipinski definition) is 3. The second-order valence-corrected chi connectivity index (χ2v) is 8.25. The van der Waals surface area contributed by atoms with Crippen LogP contribution in [0.2, 0.25) is 0 Å². The van der Waals surface area contributed by atoms with Crippen LogP contribution in [0.5, 0.6) is 0 Å². The smallest absolute Gasteiger partial charge is 0.249 e. The average Bonchev–Trinajstić information content (AvgIpc) is 2.85. The van der Waals surface area contributed by atoms with E-state index in [-0.39, 0.29) is 36.0 Å². The van der Waals surface area contributed by atoms with Crippen LogP contribution in [0, 0.1) is 0 Å². The zero-order valence-electron chi connectivity index (χ0n) is 19.3. The maximum Gasteiger partial charge on any atom is 0.249 e. The van der Waals surface area contributed by atoms with Gasteiger partial charge in [-0.3, -0.25) is 29.3 Å². The van der Waals surface area contributed by atoms with E-state index < -0.39 is 17.7 Å². The second-order valence-electron chi connectivity index (χ2n) is 8.25. The minimum Gasteiger partial charge on any atom is -0.366 e. The molecule has 9 heteroatoms. The molecule has 4 aromatic rings. The molecule has 9 nitrogen and oxygen atoms in total. The van der Waals surface area contributed by atoms with Crippen molar-refractivity contribution in [3.05, 3.63) is 124 Å². The van der Waals surface area contributed by atoms with Gasteiger partial charge in [0.05, 0.1) is 0 Å². The molecule has 0 bridgehead atoms. The predicted molar refractivity (Wildman–Crippen MR) is 133 cm³/mol. The van der Waals surface area contributed by atoms with E-state index in [0.29, 0.717) is 16.7 Å². The molecule has 1 aromatic carbocycles. The molecule has 0 atom stereocenters. The van der Waals surface area contributed by atoms with Crippen molar-refractivity contribution < 1.29 is 14.4 Å². The Morgan fingerprint density at radius 1 is 0.472 bits per heavy atom. The van der Waals surface area contributed by atoms with Crippen molar-refractivity contribution in [2.45, 2.75) is 19.3 Å². The first-order chi connectivity index (χ1) is 17.4. The molecule has 0 radical (unpaired) electrons. The van der Waals surface area contributed by atoms with E-state index in [2.05, 4.69) is 15.0 Å². The Morgan fingerprint density at radius 2 is 0.694 bits per heavy atom. The topological polar surface area (TPSA) is 168 Å². The molecule has 3 aromatic heterocycles. The first-order valence-electron chi connectivity index (χ1n) is 11.1. The standard InChI is InChI=1S/C27H24N6O3/c28-25(34)22-19(13-16-1-7-31-8-2-16)23(26(29)35)21(15-18-5-11-33-12-6-18)24(27(30)36)20(22)14-17-3-9-32-10-4-17/h1-12H,13-15H2,(H2,28,34)(H2,29,35)(H2,30,36). The lowest BCUT2D eigenvalue weighted by Gasteiger charge is -2.24. The summed E-state index contributed by atoms with van der Waals surface area (Å²) in [7, 11) is 0. The SMILES string of the molecule is NC(=O)c1c(Cc2ccncc2)c(C(N)=O)c(Cc2ccncc2)c(C(N)=O)c1Cc1ccncc1. The molecule has 0 aliphatic carbocycles. The molecule has 0 aliphatic heterocycles. The van der Waals surface area contributed by atoms with E-state index in [0.717, 1.165) is 16.7 Å². The van der Waals surface area contributed by atoms with Crippen molar-refractivity contribution >= 4 is 17.7 Å². The highest BCUT2D eigenvalue weighted by atomic mass is 16.2. The summed E-state index contributed by atoms with van der Waals surface area (Å²) in [6.07, 6.45) is 10.2. The molecule has 180 valence electrons. The van der Waals surface area contributed by atoms with Crippen molar-refractivity contribution in [1.82, 2.24) is 15.0 Å². The molecule has 0 fully saturated rings. The van der Waals surface area contributed by atoms with Crippen LogP contribution in [0.15, 0.2) is 73.6 Å². The van der Waals surface area contributed by atoms with E-state index in [1.54, 1.807) is 73.6 Å². The highest BCUT2D eigenvalue weighted by Crippen LogP contribution is 2.33. The third-order valence-corrected chi connectivity index (χ3v) is 5.94. The Bertz CT molecular complexity index is 1230. The number of aromatic nitrogens is 3. The number of hydrogen-bond acceptors (Lipinski definition) is 6. The van der Waals surface area contributed by atoms with Gasteiger partial charge in [0, 0.05) is 53.9 Å². The quantitative estimate of drug-likeness (QED) is 0.331. The van der Waals surface area contributed by atoms with Crippen LogP contribution < -0.4 is 17.2 Å². The normalized spacial score (nSPS) is 10.7. The molecule has 0 saturated heterocycles. The highest BCUT2D eigenvalue weighted by molar-refractivity contribution is 6.09. The molecule has 3 amide bonds. The third-order valence-electron chi connectivity index (χ3n) is 5.94. The van der Waals surface area contributed by atoms with Crippen LogP contribution in [0.1, 0.15) is 64.5 Å². The van der Waals surface area contributed by atoms with Gasteiger partial charge in [-0.15, -0.1) is 0 Å². The van der Waals surface area contributed by atoms with Crippen molar-refractivity contribution in [2.75, 3.05) is 0 Å². The summed E-state index contributed by atoms with van der Waals surface area (Å²) < 4.78 is 0. The molecule has 36 heavy (non-hydrogen) atoms. The van der Waals surface area contributed by atoms with Gasteiger partial charge in [-0.1, -0.05) is 0 Å². The Labute approximate surface area is 207 Å². The van der Waals surface area contributed by atoms with Crippen molar-refractivity contribution in [2.24, 2.45) is 17.2 Å². The Morgan fingerprint density at radius 3 is 0.889 bits per heavy atom. The fourth-order valence-electron chi connectivity index (χ4n) is 4.46. The Kier molecular flexibility index (Phi) is 7.10. The minimum atomic E-state index is -0.788. The van der Waals surface area contributed by atoms with Crippen LogP contribution in [0.3, 0.4) is 0 Å². The predicted octanol–water partition coefficient (Wildman–Crippen LogP) is 1.94. The Balaban J connectivity index is 2.10. The average molecular weight is 481 g/mol. The third kappa shape index (κ3) is 5.10. The first-order valence-corrected chi connectivity index (χ1v) is 11.1. The van der Waals surface area contributed by atoms with Gasteiger partial charge in [0.1, 0.15) is 0 Å². The number of benzene rings is 1. The number of carbonyl (C=O) groups excluding carboxylic acids is 3. The molecule has 0 spiro atoms. The fraction of sp³-hybridized carbons (Fsp3) is 0.111. The molecule has 3 heterocycles. The second kappa shape index (κ2) is 10.6. The van der Waals surface area contributed by atoms with Gasteiger partial charge in [-0.25, -0.2) is 0 Å². The van der Waals surface area contributed by atoms with Gasteiger partial charge in [0.25, 0.3) is 0 Å². The van der Waals surface area contributed by atoms with E-state index in [4.69, 9.17) is 17.2 Å². The van der Waals surface area contributed by atoms with Gasteiger partial charge in [-0.05, 0) is 89.0 Å². The summed E-state index contributed by atoms with van der Waals surface area (Å²) in [6.45, 7) is 0. The lowest BCUT2D eigenvalue weighted by Crippen LogP contribution is -2.29. The van der Waals surface area contributed by atoms with Gasteiger partial charge in [0.15, 0.2) is 0 Å². The van der Waals surface area contributed by atoms with Gasteiger partial charge < -0.3 is 17.2 Å². The fourth-order valence-corrected chi connectivity index (χ4v) is 4.46. The summed E-state index contributed by atoms with van der Waals surface area (Å²) >= 11 is 0. The van der Waals surface area contributed by atoms with Crippen molar-refractivity contribution in [3.63, 3.8) is 0 Å². The van der Waals surface area contributed by atoms with Crippen LogP contribution in [-0.4, -0.2) is 32.7 Å². The maximum atomic E-state index is 12.9. The monoisotopic (exact) mass is 480 g/mol. The van der Waals surface area contributed by atoms with E-state index in [1.165, 1.54) is 0 Å². The molecule has 4 rings (SSSR count). The van der Waals surface area contributed by atoms with Crippen LogP contribution in [-0.2, 0) is 19.3 Å². The zero-order valence-corrected chi connectivity index (χ0v) is 19.3. The summed E-state index contributed by atoms with van der Waals surface area (Å²) in [5.41, 5.74) is 21.2. The van der Waals surface area contributed by atoms with E-state index in [9.17, 15) is 14.4 Å². The molecule has 0 aliphatic rings. The van der Waals surface area contributed by atoms with Crippen molar-refractivity contribution in [3.8, 4) is 0 Å². The van der Waals surface area contributed by atoms with Crippen LogP contribution in [0.4, 0.5) is 0 Å². The molecule has 6 N–H and O–H groups in total. The number of primary amides is 3. The van der Waals surface area contributed by atoms with E-state index >= 15 is 0 Å². The zero-order chi connectivity index (χ0) is 25.7. The number of rotatable bonds is 9. The highest BCUT2D eigenvalue weighted by Gasteiger charge is 2.31. The molecule has 0 saturated carbocycles. The summed E-state index contributed by atoms with van der Waals surface area (Å²) in [5.74, 6) is -2.37. The summed E-state index contributed by atoms with van der Waals surface area (Å²) in [5, 5.41) is 0. The summed E-state index contributed by atoms with van der Waals surface area (Å²) in [4.78, 5) is 50.9. The number of carbonyl (C=O) groups is 3. The molecular weight excluding hydrogens is 456 g/mol.